The van der Waals surface area contributed by atoms with Gasteiger partial charge in [-0.15, -0.1) is 11.3 Å². The molecule has 2 rings (SSSR count). The predicted molar refractivity (Wildman–Crippen MR) is 79.8 cm³/mol. The molecular weight excluding hydrogens is 274 g/mol. The predicted octanol–water partition coefficient (Wildman–Crippen LogP) is 3.57. The van der Waals surface area contributed by atoms with E-state index in [-0.39, 0.29) is 11.5 Å². The van der Waals surface area contributed by atoms with E-state index in [9.17, 15) is 9.59 Å². The van der Waals surface area contributed by atoms with Crippen LogP contribution in [-0.2, 0) is 6.42 Å². The monoisotopic (exact) mass is 289 g/mol. The van der Waals surface area contributed by atoms with Crippen LogP contribution in [0.25, 0.3) is 0 Å². The number of anilines is 1. The summed E-state index contributed by atoms with van der Waals surface area (Å²) in [6.07, 6.45) is 0.884. The van der Waals surface area contributed by atoms with E-state index in [0.717, 1.165) is 12.0 Å². The number of hydrogen-bond acceptors (Lipinski definition) is 3. The first-order valence-electron chi connectivity index (χ1n) is 6.26. The van der Waals surface area contributed by atoms with Gasteiger partial charge in [0.15, 0.2) is 0 Å². The fourth-order valence-electron chi connectivity index (χ4n) is 1.95. The maximum absolute atomic E-state index is 12.2. The van der Waals surface area contributed by atoms with Crippen LogP contribution in [0.3, 0.4) is 0 Å². The summed E-state index contributed by atoms with van der Waals surface area (Å²) in [5.74, 6) is -1.33. The average molecular weight is 289 g/mol. The van der Waals surface area contributed by atoms with Gasteiger partial charge in [0.05, 0.1) is 16.1 Å². The third kappa shape index (κ3) is 2.88. The van der Waals surface area contributed by atoms with Crippen LogP contribution >= 0.6 is 11.3 Å². The Kier molecular flexibility index (Phi) is 4.20. The van der Waals surface area contributed by atoms with Crippen molar-refractivity contribution in [2.75, 3.05) is 5.32 Å². The van der Waals surface area contributed by atoms with Gasteiger partial charge in [-0.05, 0) is 37.1 Å². The number of thiophene rings is 1. The van der Waals surface area contributed by atoms with Gasteiger partial charge in [0.25, 0.3) is 5.91 Å². The van der Waals surface area contributed by atoms with Crippen LogP contribution in [0.1, 0.15) is 37.4 Å². The number of carboxylic acids is 1. The molecule has 0 saturated heterocycles. The van der Waals surface area contributed by atoms with Crippen molar-refractivity contribution in [3.05, 3.63) is 51.2 Å². The minimum atomic E-state index is -1.06. The van der Waals surface area contributed by atoms with E-state index in [4.69, 9.17) is 5.11 Å². The third-order valence-electron chi connectivity index (χ3n) is 2.97. The number of aryl methyl sites for hydroxylation is 2. The van der Waals surface area contributed by atoms with Gasteiger partial charge >= 0.3 is 5.97 Å². The van der Waals surface area contributed by atoms with E-state index < -0.39 is 5.97 Å². The highest BCUT2D eigenvalue weighted by molar-refractivity contribution is 7.14. The molecule has 0 aliphatic heterocycles. The van der Waals surface area contributed by atoms with Crippen LogP contribution < -0.4 is 5.32 Å². The summed E-state index contributed by atoms with van der Waals surface area (Å²) in [5.41, 5.74) is 1.49. The largest absolute Gasteiger partial charge is 0.478 e. The number of para-hydroxylation sites is 1. The maximum atomic E-state index is 12.2. The Morgan fingerprint density at radius 1 is 1.30 bits per heavy atom. The molecule has 0 saturated carbocycles. The number of amides is 1. The highest BCUT2D eigenvalue weighted by Crippen LogP contribution is 2.24. The summed E-state index contributed by atoms with van der Waals surface area (Å²) < 4.78 is 0. The fourth-order valence-corrected chi connectivity index (χ4v) is 2.95. The van der Waals surface area contributed by atoms with Crippen LogP contribution in [0.5, 0.6) is 0 Å². The quantitative estimate of drug-likeness (QED) is 0.904. The number of carbonyl (C=O) groups excluding carboxylic acids is 1. The topological polar surface area (TPSA) is 66.4 Å². The molecule has 1 amide bonds. The molecule has 0 fully saturated rings. The third-order valence-corrected chi connectivity index (χ3v) is 4.35. The second-order valence-corrected chi connectivity index (χ2v) is 5.51. The van der Waals surface area contributed by atoms with Gasteiger partial charge in [0, 0.05) is 4.88 Å². The number of carboxylic acid groups (broad SMARTS) is 1. The van der Waals surface area contributed by atoms with E-state index in [1.807, 2.05) is 19.9 Å². The Morgan fingerprint density at radius 3 is 2.60 bits per heavy atom. The van der Waals surface area contributed by atoms with Crippen molar-refractivity contribution in [1.29, 1.82) is 0 Å². The van der Waals surface area contributed by atoms with Crippen LogP contribution in [0, 0.1) is 6.92 Å². The Bertz CT molecular complexity index is 661. The molecule has 20 heavy (non-hydrogen) atoms. The van der Waals surface area contributed by atoms with Gasteiger partial charge in [-0.25, -0.2) is 4.79 Å². The Balaban J connectivity index is 2.25. The van der Waals surface area contributed by atoms with Crippen LogP contribution in [-0.4, -0.2) is 17.0 Å². The summed E-state index contributed by atoms with van der Waals surface area (Å²) in [6.45, 7) is 4.01. The first-order valence-corrected chi connectivity index (χ1v) is 7.07. The molecule has 0 radical (unpaired) electrons. The normalized spacial score (nSPS) is 10.3. The molecule has 0 aliphatic rings. The van der Waals surface area contributed by atoms with Crippen molar-refractivity contribution in [3.63, 3.8) is 0 Å². The molecule has 0 bridgehead atoms. The standard InChI is InChI=1S/C15H15NO3S/c1-3-12-9(2)8-13(20-12)14(17)16-11-7-5-4-6-10(11)15(18)19/h4-8H,3H2,1-2H3,(H,16,17)(H,18,19). The first-order chi connectivity index (χ1) is 9.52. The van der Waals surface area contributed by atoms with Crippen LogP contribution in [0.4, 0.5) is 5.69 Å². The summed E-state index contributed by atoms with van der Waals surface area (Å²) in [5, 5.41) is 11.8. The van der Waals surface area contributed by atoms with Crippen LogP contribution in [0.15, 0.2) is 30.3 Å². The second kappa shape index (κ2) is 5.88. The molecular formula is C15H15NO3S. The van der Waals surface area contributed by atoms with Crippen molar-refractivity contribution in [2.45, 2.75) is 20.3 Å². The van der Waals surface area contributed by atoms with E-state index >= 15 is 0 Å². The van der Waals surface area contributed by atoms with Gasteiger partial charge in [-0.3, -0.25) is 4.79 Å². The van der Waals surface area contributed by atoms with Gasteiger partial charge in [-0.1, -0.05) is 19.1 Å². The van der Waals surface area contributed by atoms with Gasteiger partial charge in [0.1, 0.15) is 0 Å². The van der Waals surface area contributed by atoms with E-state index in [1.54, 1.807) is 18.2 Å². The highest BCUT2D eigenvalue weighted by Gasteiger charge is 2.15. The van der Waals surface area contributed by atoms with Crippen molar-refractivity contribution in [1.82, 2.24) is 0 Å². The molecule has 1 aromatic heterocycles. The number of hydrogen-bond donors (Lipinski definition) is 2. The molecule has 0 spiro atoms. The Labute approximate surface area is 121 Å². The molecule has 0 unspecified atom stereocenters. The minimum absolute atomic E-state index is 0.0878. The van der Waals surface area contributed by atoms with Gasteiger partial charge in [0.2, 0.25) is 0 Å². The summed E-state index contributed by atoms with van der Waals surface area (Å²) in [7, 11) is 0. The van der Waals surface area contributed by atoms with Crippen LogP contribution in [0.2, 0.25) is 0 Å². The number of benzene rings is 1. The number of rotatable bonds is 4. The number of aromatic carboxylic acids is 1. The highest BCUT2D eigenvalue weighted by atomic mass is 32.1. The smallest absolute Gasteiger partial charge is 0.337 e. The first kappa shape index (κ1) is 14.3. The Morgan fingerprint density at radius 2 is 2.00 bits per heavy atom. The molecule has 2 N–H and O–H groups in total. The maximum Gasteiger partial charge on any atom is 0.337 e. The van der Waals surface area contributed by atoms with Gasteiger partial charge in [-0.2, -0.15) is 0 Å². The summed E-state index contributed by atoms with van der Waals surface area (Å²) >= 11 is 1.44. The zero-order chi connectivity index (χ0) is 14.7. The number of carbonyl (C=O) groups is 2. The molecule has 5 heteroatoms. The SMILES string of the molecule is CCc1sc(C(=O)Nc2ccccc2C(=O)O)cc1C. The molecule has 1 heterocycles. The summed E-state index contributed by atoms with van der Waals surface area (Å²) in [6, 6.07) is 8.21. The average Bonchev–Trinajstić information content (AvgIpc) is 2.80. The number of nitrogens with one attached hydrogen (secondary N) is 1. The Hall–Kier alpha value is -2.14. The van der Waals surface area contributed by atoms with Crippen molar-refractivity contribution in [2.24, 2.45) is 0 Å². The fraction of sp³-hybridized carbons (Fsp3) is 0.200. The zero-order valence-electron chi connectivity index (χ0n) is 11.3. The molecule has 0 atom stereocenters. The molecule has 104 valence electrons. The van der Waals surface area contributed by atoms with Crippen molar-refractivity contribution in [3.8, 4) is 0 Å². The zero-order valence-corrected chi connectivity index (χ0v) is 12.1. The molecule has 1 aromatic carbocycles. The van der Waals surface area contributed by atoms with E-state index in [0.29, 0.717) is 10.6 Å². The molecule has 0 aliphatic carbocycles. The minimum Gasteiger partial charge on any atom is -0.478 e. The lowest BCUT2D eigenvalue weighted by atomic mass is 10.1. The molecule has 2 aromatic rings. The molecule has 4 nitrogen and oxygen atoms in total. The summed E-state index contributed by atoms with van der Waals surface area (Å²) in [4.78, 5) is 25.0. The van der Waals surface area contributed by atoms with Crippen molar-refractivity contribution >= 4 is 28.9 Å². The van der Waals surface area contributed by atoms with E-state index in [2.05, 4.69) is 5.32 Å². The van der Waals surface area contributed by atoms with Gasteiger partial charge < -0.3 is 10.4 Å². The van der Waals surface area contributed by atoms with Crippen molar-refractivity contribution < 1.29 is 14.7 Å². The lowest BCUT2D eigenvalue weighted by molar-refractivity contribution is 0.0698. The van der Waals surface area contributed by atoms with E-state index in [1.165, 1.54) is 22.3 Å². The second-order valence-electron chi connectivity index (χ2n) is 4.38. The lowest BCUT2D eigenvalue weighted by Gasteiger charge is -2.06. The lowest BCUT2D eigenvalue weighted by Crippen LogP contribution is -2.13.